The van der Waals surface area contributed by atoms with Gasteiger partial charge in [0.1, 0.15) is 5.54 Å². The van der Waals surface area contributed by atoms with Crippen LogP contribution in [-0.2, 0) is 4.79 Å². The number of nitrogens with zero attached hydrogens (tertiary/aromatic N) is 1. The molecular formula is C13H17N3O2S. The molecular weight excluding hydrogens is 262 g/mol. The van der Waals surface area contributed by atoms with Gasteiger partial charge in [0.25, 0.3) is 5.91 Å². The van der Waals surface area contributed by atoms with Gasteiger partial charge in [0.2, 0.25) is 0 Å². The van der Waals surface area contributed by atoms with Crippen LogP contribution in [0.25, 0.3) is 0 Å². The van der Waals surface area contributed by atoms with Crippen LogP contribution in [0, 0.1) is 0 Å². The summed E-state index contributed by atoms with van der Waals surface area (Å²) in [5.41, 5.74) is 5.54. The quantitative estimate of drug-likeness (QED) is 0.499. The maximum atomic E-state index is 11.9. The van der Waals surface area contributed by atoms with E-state index in [0.29, 0.717) is 12.3 Å². The summed E-state index contributed by atoms with van der Waals surface area (Å²) in [4.78, 5) is 25.9. The number of benzene rings is 1. The summed E-state index contributed by atoms with van der Waals surface area (Å²) in [6.45, 7) is 3.82. The van der Waals surface area contributed by atoms with Crippen molar-refractivity contribution in [1.29, 1.82) is 0 Å². The van der Waals surface area contributed by atoms with E-state index < -0.39 is 5.54 Å². The highest BCUT2D eigenvalue weighted by molar-refractivity contribution is 7.99. The maximum Gasteiger partial charge on any atom is 0.325 e. The number of nitrogens with one attached hydrogen (secondary N) is 1. The lowest BCUT2D eigenvalue weighted by Crippen LogP contribution is -2.40. The van der Waals surface area contributed by atoms with E-state index in [4.69, 9.17) is 5.73 Å². The fraction of sp³-hybridized carbons (Fsp3) is 0.385. The average Bonchev–Trinajstić information content (AvgIpc) is 2.53. The first-order chi connectivity index (χ1) is 8.90. The number of urea groups is 1. The third kappa shape index (κ3) is 3.01. The number of thioether (sulfide) groups is 1. The molecule has 0 bridgehead atoms. The fourth-order valence-electron chi connectivity index (χ4n) is 1.84. The van der Waals surface area contributed by atoms with Gasteiger partial charge in [-0.3, -0.25) is 9.69 Å². The highest BCUT2D eigenvalue weighted by atomic mass is 32.2. The number of hydrogen-bond donors (Lipinski definition) is 2. The van der Waals surface area contributed by atoms with Crippen molar-refractivity contribution in [3.63, 3.8) is 0 Å². The molecule has 6 heteroatoms. The summed E-state index contributed by atoms with van der Waals surface area (Å²) in [7, 11) is 0. The van der Waals surface area contributed by atoms with E-state index >= 15 is 0 Å². The van der Waals surface area contributed by atoms with Gasteiger partial charge in [0.05, 0.1) is 0 Å². The molecule has 0 spiro atoms. The Morgan fingerprint density at radius 3 is 2.42 bits per heavy atom. The van der Waals surface area contributed by atoms with Crippen molar-refractivity contribution in [2.45, 2.75) is 24.3 Å². The molecule has 19 heavy (non-hydrogen) atoms. The topological polar surface area (TPSA) is 75.4 Å². The molecule has 3 amide bonds. The minimum absolute atomic E-state index is 0.171. The Labute approximate surface area is 116 Å². The lowest BCUT2D eigenvalue weighted by Gasteiger charge is -2.15. The molecule has 2 rings (SSSR count). The van der Waals surface area contributed by atoms with Crippen molar-refractivity contribution >= 4 is 29.4 Å². The highest BCUT2D eigenvalue weighted by Gasteiger charge is 2.43. The van der Waals surface area contributed by atoms with E-state index in [9.17, 15) is 9.59 Å². The fourth-order valence-corrected chi connectivity index (χ4v) is 2.68. The zero-order valence-corrected chi connectivity index (χ0v) is 11.8. The summed E-state index contributed by atoms with van der Waals surface area (Å²) in [5.74, 6) is 0.495. The van der Waals surface area contributed by atoms with Gasteiger partial charge in [-0.1, -0.05) is 0 Å². The van der Waals surface area contributed by atoms with Gasteiger partial charge in [0.15, 0.2) is 0 Å². The molecule has 1 fully saturated rings. The van der Waals surface area contributed by atoms with Crippen molar-refractivity contribution < 1.29 is 9.59 Å². The molecule has 0 aliphatic carbocycles. The molecule has 1 aliphatic rings. The zero-order chi connectivity index (χ0) is 14.0. The molecule has 1 aromatic carbocycles. The normalized spacial score (nSPS) is 17.7. The van der Waals surface area contributed by atoms with Crippen molar-refractivity contribution in [2.24, 2.45) is 0 Å². The van der Waals surface area contributed by atoms with Gasteiger partial charge >= 0.3 is 6.03 Å². The number of carbonyl (C=O) groups is 2. The smallest absolute Gasteiger partial charge is 0.325 e. The molecule has 0 saturated carbocycles. The Hall–Kier alpha value is -1.69. The van der Waals surface area contributed by atoms with Crippen LogP contribution in [-0.4, -0.2) is 34.7 Å². The van der Waals surface area contributed by atoms with Crippen LogP contribution in [0.2, 0.25) is 0 Å². The Morgan fingerprint density at radius 2 is 1.89 bits per heavy atom. The second-order valence-electron chi connectivity index (χ2n) is 4.93. The number of hydrogen-bond acceptors (Lipinski definition) is 4. The van der Waals surface area contributed by atoms with E-state index in [1.165, 1.54) is 4.90 Å². The molecule has 3 N–H and O–H groups in total. The average molecular weight is 279 g/mol. The summed E-state index contributed by atoms with van der Waals surface area (Å²) < 4.78 is 0. The largest absolute Gasteiger partial charge is 0.399 e. The Morgan fingerprint density at radius 1 is 1.26 bits per heavy atom. The van der Waals surface area contributed by atoms with Crippen LogP contribution in [0.15, 0.2) is 29.2 Å². The van der Waals surface area contributed by atoms with E-state index in [2.05, 4.69) is 5.32 Å². The molecule has 102 valence electrons. The van der Waals surface area contributed by atoms with Gasteiger partial charge in [-0.2, -0.15) is 0 Å². The summed E-state index contributed by atoms with van der Waals surface area (Å²) in [5, 5.41) is 2.66. The molecule has 1 saturated heterocycles. The lowest BCUT2D eigenvalue weighted by atomic mass is 10.1. The minimum atomic E-state index is -0.789. The van der Waals surface area contributed by atoms with Gasteiger partial charge in [-0.15, -0.1) is 11.8 Å². The number of amides is 3. The van der Waals surface area contributed by atoms with E-state index in [0.717, 1.165) is 10.6 Å². The van der Waals surface area contributed by atoms with Crippen LogP contribution in [0.1, 0.15) is 13.8 Å². The minimum Gasteiger partial charge on any atom is -0.399 e. The number of anilines is 1. The van der Waals surface area contributed by atoms with Crippen LogP contribution in [0.3, 0.4) is 0 Å². The predicted octanol–water partition coefficient (Wildman–Crippen LogP) is 1.69. The monoisotopic (exact) mass is 279 g/mol. The molecule has 1 aliphatic heterocycles. The van der Waals surface area contributed by atoms with Crippen molar-refractivity contribution in [2.75, 3.05) is 18.0 Å². The number of nitrogens with two attached hydrogens (primary N) is 1. The number of imide groups is 1. The highest BCUT2D eigenvalue weighted by Crippen LogP contribution is 2.21. The first-order valence-corrected chi connectivity index (χ1v) is 7.01. The van der Waals surface area contributed by atoms with Gasteiger partial charge in [-0.25, -0.2) is 4.79 Å². The van der Waals surface area contributed by atoms with Crippen LogP contribution < -0.4 is 11.1 Å². The number of rotatable bonds is 4. The maximum absolute atomic E-state index is 11.9. The molecule has 5 nitrogen and oxygen atoms in total. The zero-order valence-electron chi connectivity index (χ0n) is 11.0. The van der Waals surface area contributed by atoms with Crippen molar-refractivity contribution in [1.82, 2.24) is 10.2 Å². The van der Waals surface area contributed by atoms with Gasteiger partial charge in [-0.05, 0) is 38.1 Å². The van der Waals surface area contributed by atoms with Crippen LogP contribution >= 0.6 is 11.8 Å². The van der Waals surface area contributed by atoms with E-state index in [-0.39, 0.29) is 11.9 Å². The van der Waals surface area contributed by atoms with Crippen molar-refractivity contribution in [3.05, 3.63) is 24.3 Å². The molecule has 0 radical (unpaired) electrons. The van der Waals surface area contributed by atoms with Crippen LogP contribution in [0.5, 0.6) is 0 Å². The summed E-state index contributed by atoms with van der Waals surface area (Å²) in [6, 6.07) is 7.21. The Kier molecular flexibility index (Phi) is 3.71. The molecule has 1 heterocycles. The number of carbonyl (C=O) groups excluding carboxylic acids is 2. The van der Waals surface area contributed by atoms with Crippen LogP contribution in [0.4, 0.5) is 10.5 Å². The van der Waals surface area contributed by atoms with Crippen molar-refractivity contribution in [3.8, 4) is 0 Å². The molecule has 0 atom stereocenters. The van der Waals surface area contributed by atoms with E-state index in [1.807, 2.05) is 24.3 Å². The third-order valence-corrected chi connectivity index (χ3v) is 3.90. The molecule has 0 unspecified atom stereocenters. The summed E-state index contributed by atoms with van der Waals surface area (Å²) >= 11 is 1.59. The second-order valence-corrected chi connectivity index (χ2v) is 6.10. The predicted molar refractivity (Wildman–Crippen MR) is 75.9 cm³/mol. The lowest BCUT2D eigenvalue weighted by molar-refractivity contribution is -0.130. The number of nitrogen functional groups attached to an aromatic ring is 1. The first kappa shape index (κ1) is 13.7. The first-order valence-electron chi connectivity index (χ1n) is 6.02. The molecule has 1 aromatic rings. The molecule has 0 aromatic heterocycles. The standard InChI is InChI=1S/C13H17N3O2S/c1-13(2)11(17)16(12(18)15-13)7-8-19-10-5-3-9(14)4-6-10/h3-6H,7-8,14H2,1-2H3,(H,15,18). The SMILES string of the molecule is CC1(C)NC(=O)N(CCSc2ccc(N)cc2)C1=O. The van der Waals surface area contributed by atoms with Gasteiger partial charge < -0.3 is 11.1 Å². The Bertz CT molecular complexity index is 499. The Balaban J connectivity index is 1.88. The van der Waals surface area contributed by atoms with E-state index in [1.54, 1.807) is 25.6 Å². The summed E-state index contributed by atoms with van der Waals surface area (Å²) in [6.07, 6.45) is 0. The third-order valence-electron chi connectivity index (χ3n) is 2.91. The van der Waals surface area contributed by atoms with Gasteiger partial charge in [0, 0.05) is 22.9 Å². The second kappa shape index (κ2) is 5.13.